The van der Waals surface area contributed by atoms with Gasteiger partial charge in [0.15, 0.2) is 0 Å². The molecule has 0 aromatic carbocycles. The Morgan fingerprint density at radius 1 is 1.55 bits per heavy atom. The molecule has 11 heavy (non-hydrogen) atoms. The standard InChI is InChI=1S/C8H13NO2/c1-2-3-4-6-9-7-5-8(10)11/h2-4,6,9H,5,7H2,1H3,(H,10,11). The third-order valence-corrected chi connectivity index (χ3v) is 1.00. The first-order chi connectivity index (χ1) is 5.27. The van der Waals surface area contributed by atoms with Crippen molar-refractivity contribution >= 4 is 5.97 Å². The van der Waals surface area contributed by atoms with Gasteiger partial charge in [0, 0.05) is 6.54 Å². The minimum Gasteiger partial charge on any atom is -0.481 e. The fourth-order valence-corrected chi connectivity index (χ4v) is 0.497. The van der Waals surface area contributed by atoms with Gasteiger partial charge in [-0.15, -0.1) is 0 Å². The molecule has 2 N–H and O–H groups in total. The summed E-state index contributed by atoms with van der Waals surface area (Å²) in [6.45, 7) is 2.39. The van der Waals surface area contributed by atoms with E-state index in [1.54, 1.807) is 6.20 Å². The highest BCUT2D eigenvalue weighted by molar-refractivity contribution is 5.66. The van der Waals surface area contributed by atoms with Crippen LogP contribution in [-0.2, 0) is 4.79 Å². The lowest BCUT2D eigenvalue weighted by atomic mass is 10.4. The summed E-state index contributed by atoms with van der Waals surface area (Å²) in [5.74, 6) is -0.781. The van der Waals surface area contributed by atoms with Gasteiger partial charge in [-0.05, 0) is 19.2 Å². The van der Waals surface area contributed by atoms with Crippen molar-refractivity contribution in [2.75, 3.05) is 6.54 Å². The molecule has 0 atom stereocenters. The summed E-state index contributed by atoms with van der Waals surface area (Å²) in [5, 5.41) is 11.1. The third kappa shape index (κ3) is 8.75. The van der Waals surface area contributed by atoms with E-state index in [2.05, 4.69) is 5.32 Å². The number of hydrogen-bond acceptors (Lipinski definition) is 2. The van der Waals surface area contributed by atoms with E-state index in [-0.39, 0.29) is 6.42 Å². The molecule has 0 radical (unpaired) electrons. The van der Waals surface area contributed by atoms with Gasteiger partial charge in [0.25, 0.3) is 0 Å². The average Bonchev–Trinajstić information content (AvgIpc) is 1.96. The van der Waals surface area contributed by atoms with E-state index in [1.807, 2.05) is 25.2 Å². The summed E-state index contributed by atoms with van der Waals surface area (Å²) < 4.78 is 0. The van der Waals surface area contributed by atoms with E-state index < -0.39 is 5.97 Å². The van der Waals surface area contributed by atoms with Crippen LogP contribution in [0.4, 0.5) is 0 Å². The second-order valence-corrected chi connectivity index (χ2v) is 1.98. The van der Waals surface area contributed by atoms with Gasteiger partial charge in [0.2, 0.25) is 0 Å². The summed E-state index contributed by atoms with van der Waals surface area (Å²) in [6.07, 6.45) is 7.47. The van der Waals surface area contributed by atoms with Crippen molar-refractivity contribution in [1.82, 2.24) is 5.32 Å². The maximum Gasteiger partial charge on any atom is 0.305 e. The van der Waals surface area contributed by atoms with E-state index in [4.69, 9.17) is 5.11 Å². The van der Waals surface area contributed by atoms with Gasteiger partial charge in [-0.2, -0.15) is 0 Å². The van der Waals surface area contributed by atoms with E-state index in [1.165, 1.54) is 0 Å². The first-order valence-electron chi connectivity index (χ1n) is 3.50. The van der Waals surface area contributed by atoms with Gasteiger partial charge < -0.3 is 10.4 Å². The van der Waals surface area contributed by atoms with Crippen LogP contribution in [0.2, 0.25) is 0 Å². The molecule has 3 heteroatoms. The molecule has 0 aromatic rings. The predicted octanol–water partition coefficient (Wildman–Crippen LogP) is 1.14. The van der Waals surface area contributed by atoms with Crippen LogP contribution in [0.5, 0.6) is 0 Å². The molecule has 0 aliphatic carbocycles. The van der Waals surface area contributed by atoms with Crippen LogP contribution in [0.3, 0.4) is 0 Å². The first kappa shape index (κ1) is 9.75. The fourth-order valence-electron chi connectivity index (χ4n) is 0.497. The Morgan fingerprint density at radius 3 is 2.82 bits per heavy atom. The largest absolute Gasteiger partial charge is 0.481 e. The smallest absolute Gasteiger partial charge is 0.305 e. The highest BCUT2D eigenvalue weighted by Gasteiger charge is 1.91. The van der Waals surface area contributed by atoms with Crippen LogP contribution in [0.1, 0.15) is 13.3 Å². The summed E-state index contributed by atoms with van der Waals surface area (Å²) in [4.78, 5) is 10.0. The number of allylic oxidation sites excluding steroid dienone is 3. The van der Waals surface area contributed by atoms with Gasteiger partial charge >= 0.3 is 5.97 Å². The number of carboxylic acid groups (broad SMARTS) is 1. The van der Waals surface area contributed by atoms with Crippen molar-refractivity contribution < 1.29 is 9.90 Å². The highest BCUT2D eigenvalue weighted by atomic mass is 16.4. The van der Waals surface area contributed by atoms with Crippen molar-refractivity contribution in [1.29, 1.82) is 0 Å². The van der Waals surface area contributed by atoms with Crippen molar-refractivity contribution in [3.05, 3.63) is 24.4 Å². The van der Waals surface area contributed by atoms with Crippen LogP contribution >= 0.6 is 0 Å². The Kier molecular flexibility index (Phi) is 6.08. The summed E-state index contributed by atoms with van der Waals surface area (Å²) >= 11 is 0. The molecule has 0 saturated heterocycles. The molecule has 0 rings (SSSR count). The molecule has 0 amide bonds. The Labute approximate surface area is 66.4 Å². The minimum atomic E-state index is -0.781. The number of carbonyl (C=O) groups is 1. The lowest BCUT2D eigenvalue weighted by molar-refractivity contribution is -0.136. The zero-order chi connectivity index (χ0) is 8.53. The molecule has 0 unspecified atom stereocenters. The number of hydrogen-bond donors (Lipinski definition) is 2. The van der Waals surface area contributed by atoms with E-state index in [9.17, 15) is 4.79 Å². The average molecular weight is 155 g/mol. The molecular weight excluding hydrogens is 142 g/mol. The molecule has 3 nitrogen and oxygen atoms in total. The maximum atomic E-state index is 10.0. The van der Waals surface area contributed by atoms with Crippen molar-refractivity contribution in [3.63, 3.8) is 0 Å². The van der Waals surface area contributed by atoms with Crippen molar-refractivity contribution in [2.24, 2.45) is 0 Å². The van der Waals surface area contributed by atoms with Crippen LogP contribution in [0.15, 0.2) is 24.4 Å². The minimum absolute atomic E-state index is 0.153. The van der Waals surface area contributed by atoms with Gasteiger partial charge in [-0.3, -0.25) is 4.79 Å². The van der Waals surface area contributed by atoms with Crippen LogP contribution in [0.25, 0.3) is 0 Å². The summed E-state index contributed by atoms with van der Waals surface area (Å²) in [5.41, 5.74) is 0. The van der Waals surface area contributed by atoms with E-state index in [0.29, 0.717) is 6.54 Å². The number of rotatable bonds is 5. The molecule has 0 saturated carbocycles. The first-order valence-corrected chi connectivity index (χ1v) is 3.50. The Bertz CT molecular complexity index is 161. The van der Waals surface area contributed by atoms with Gasteiger partial charge in [-0.25, -0.2) is 0 Å². The quantitative estimate of drug-likeness (QED) is 0.462. The second-order valence-electron chi connectivity index (χ2n) is 1.98. The summed E-state index contributed by atoms with van der Waals surface area (Å²) in [7, 11) is 0. The fraction of sp³-hybridized carbons (Fsp3) is 0.375. The Hall–Kier alpha value is -1.25. The third-order valence-electron chi connectivity index (χ3n) is 1.00. The van der Waals surface area contributed by atoms with E-state index in [0.717, 1.165) is 0 Å². The number of nitrogens with one attached hydrogen (secondary N) is 1. The van der Waals surface area contributed by atoms with Crippen LogP contribution < -0.4 is 5.32 Å². The lowest BCUT2D eigenvalue weighted by Crippen LogP contribution is -2.11. The van der Waals surface area contributed by atoms with Gasteiger partial charge in [0.05, 0.1) is 6.42 Å². The molecular formula is C8H13NO2. The zero-order valence-corrected chi connectivity index (χ0v) is 6.58. The molecule has 0 fully saturated rings. The highest BCUT2D eigenvalue weighted by Crippen LogP contribution is 1.76. The van der Waals surface area contributed by atoms with Gasteiger partial charge in [-0.1, -0.05) is 12.2 Å². The number of aliphatic carboxylic acids is 1. The van der Waals surface area contributed by atoms with E-state index >= 15 is 0 Å². The topological polar surface area (TPSA) is 49.3 Å². The zero-order valence-electron chi connectivity index (χ0n) is 6.58. The van der Waals surface area contributed by atoms with Gasteiger partial charge in [0.1, 0.15) is 0 Å². The molecule has 62 valence electrons. The van der Waals surface area contributed by atoms with Crippen LogP contribution in [0, 0.1) is 0 Å². The Balaban J connectivity index is 3.20. The summed E-state index contributed by atoms with van der Waals surface area (Å²) in [6, 6.07) is 0. The maximum absolute atomic E-state index is 10.0. The Morgan fingerprint density at radius 2 is 2.27 bits per heavy atom. The lowest BCUT2D eigenvalue weighted by Gasteiger charge is -1.93. The molecule has 0 spiro atoms. The number of carboxylic acids is 1. The SMILES string of the molecule is CC=CC=CNCCC(=O)O. The van der Waals surface area contributed by atoms with Crippen LogP contribution in [-0.4, -0.2) is 17.6 Å². The molecule has 0 aliphatic heterocycles. The second kappa shape index (κ2) is 6.86. The normalized spacial score (nSPS) is 11.0. The van der Waals surface area contributed by atoms with Crippen molar-refractivity contribution in [2.45, 2.75) is 13.3 Å². The molecule has 0 bridgehead atoms. The molecule has 0 heterocycles. The predicted molar refractivity (Wildman–Crippen MR) is 44.2 cm³/mol. The molecule has 0 aliphatic rings. The monoisotopic (exact) mass is 155 g/mol. The van der Waals surface area contributed by atoms with Crippen molar-refractivity contribution in [3.8, 4) is 0 Å². The molecule has 0 aromatic heterocycles.